The Morgan fingerprint density at radius 1 is 0.437 bits per heavy atom. The molecule has 0 fully saturated rings. The van der Waals surface area contributed by atoms with Gasteiger partial charge in [-0.1, -0.05) is 96.5 Å². The molecule has 12 rings (SSSR count). The number of nitriles is 1. The maximum Gasteiger partial charge on any atom is 0.268 e. The van der Waals surface area contributed by atoms with E-state index in [-0.39, 0.29) is 53.4 Å². The van der Waals surface area contributed by atoms with Crippen LogP contribution in [0.25, 0.3) is 44.3 Å². The van der Waals surface area contributed by atoms with Crippen molar-refractivity contribution in [3.63, 3.8) is 0 Å². The summed E-state index contributed by atoms with van der Waals surface area (Å²) >= 11 is 6.54. The van der Waals surface area contributed by atoms with Crippen molar-refractivity contribution >= 4 is 120 Å². The first-order chi connectivity index (χ1) is 41.8. The van der Waals surface area contributed by atoms with Crippen molar-refractivity contribution in [2.75, 3.05) is 31.5 Å². The van der Waals surface area contributed by atoms with Gasteiger partial charge in [0.2, 0.25) is 11.9 Å². The second-order valence-corrected chi connectivity index (χ2v) is 26.5. The average molecular weight is 1250 g/mol. The molecular weight excluding hydrogens is 1210 g/mol. The van der Waals surface area contributed by atoms with Crippen LogP contribution >= 0.6 is 11.6 Å². The highest BCUT2D eigenvalue weighted by Gasteiger charge is 2.26. The molecule has 87 heavy (non-hydrogen) atoms. The van der Waals surface area contributed by atoms with E-state index >= 15 is 0 Å². The van der Waals surface area contributed by atoms with Crippen molar-refractivity contribution in [1.82, 2.24) is 27.9 Å². The topological polar surface area (TPSA) is 322 Å². The fourth-order valence-electron chi connectivity index (χ4n) is 9.13. The van der Waals surface area contributed by atoms with Crippen LogP contribution < -0.4 is 31.5 Å². The van der Waals surface area contributed by atoms with Gasteiger partial charge in [0.25, 0.3) is 40.1 Å². The molecule has 0 aliphatic heterocycles. The van der Waals surface area contributed by atoms with Crippen LogP contribution in [-0.4, -0.2) is 61.6 Å². The van der Waals surface area contributed by atoms with Gasteiger partial charge in [-0.15, -0.1) is 0 Å². The van der Waals surface area contributed by atoms with Gasteiger partial charge in [0.15, 0.2) is 0 Å². The molecule has 4 aromatic heterocycles. The van der Waals surface area contributed by atoms with Gasteiger partial charge in [-0.3, -0.25) is 9.44 Å². The SMILES string of the molecule is N#Cc1cnc(Nc2cccc(NS(=O)(=O)c3ccc(N)cc3)c2)nc1-c1cn(S(=O)(=O)c2ccccc2)c2ccccc12.Nc1ccc(S(=O)(=O)Nc2cccc(Nc3ncc(Cl)c(-c4cn(S(=O)(=O)c5ccccc5)c5ccccc45)n3)c2)cc1. The zero-order chi connectivity index (χ0) is 61.1. The lowest BCUT2D eigenvalue weighted by Gasteiger charge is -2.11. The number of hydrogen-bond acceptors (Lipinski definition) is 17. The molecule has 12 aromatic rings. The van der Waals surface area contributed by atoms with E-state index in [2.05, 4.69) is 46.1 Å². The first-order valence-corrected chi connectivity index (χ1v) is 32.1. The number of para-hydroxylation sites is 2. The zero-order valence-electron chi connectivity index (χ0n) is 45.0. The Labute approximate surface area is 504 Å². The monoisotopic (exact) mass is 1250 g/mol. The fraction of sp³-hybridized carbons (Fsp3) is 0. The number of benzene rings is 8. The van der Waals surface area contributed by atoms with Crippen molar-refractivity contribution in [3.8, 4) is 28.6 Å². The predicted octanol–water partition coefficient (Wildman–Crippen LogP) is 11.4. The summed E-state index contributed by atoms with van der Waals surface area (Å²) in [5.74, 6) is 0.279. The maximum atomic E-state index is 13.6. The van der Waals surface area contributed by atoms with Crippen molar-refractivity contribution < 1.29 is 33.7 Å². The highest BCUT2D eigenvalue weighted by molar-refractivity contribution is 7.93. The van der Waals surface area contributed by atoms with Gasteiger partial charge < -0.3 is 22.1 Å². The lowest BCUT2D eigenvalue weighted by atomic mass is 10.1. The number of fused-ring (bicyclic) bond motifs is 2. The molecule has 0 unspecified atom stereocenters. The number of nitrogens with zero attached hydrogens (tertiary/aromatic N) is 7. The number of hydrogen-bond donors (Lipinski definition) is 6. The molecule has 26 heteroatoms. The number of halogens is 1. The number of nitrogens with one attached hydrogen (secondary N) is 4. The average Bonchev–Trinajstić information content (AvgIpc) is 1.73. The van der Waals surface area contributed by atoms with Crippen LogP contribution in [0, 0.1) is 11.3 Å². The van der Waals surface area contributed by atoms with E-state index in [1.165, 1.54) is 106 Å². The number of anilines is 8. The normalized spacial score (nSPS) is 11.7. The second-order valence-electron chi connectivity index (χ2n) is 19.1. The van der Waals surface area contributed by atoms with E-state index in [1.54, 1.807) is 133 Å². The van der Waals surface area contributed by atoms with Gasteiger partial charge in [0.05, 0.1) is 76.4 Å². The molecule has 0 amide bonds. The molecule has 0 bridgehead atoms. The summed E-state index contributed by atoms with van der Waals surface area (Å²) in [5, 5.41) is 17.4. The minimum absolute atomic E-state index is 0.0542. The number of aromatic nitrogens is 6. The number of rotatable bonds is 16. The highest BCUT2D eigenvalue weighted by Crippen LogP contribution is 2.38. The molecule has 8 aromatic carbocycles. The summed E-state index contributed by atoms with van der Waals surface area (Å²) in [4.78, 5) is 18.1. The highest BCUT2D eigenvalue weighted by atomic mass is 35.5. The lowest BCUT2D eigenvalue weighted by molar-refractivity contribution is 0.587. The van der Waals surface area contributed by atoms with Gasteiger partial charge in [-0.25, -0.2) is 61.6 Å². The van der Waals surface area contributed by atoms with Crippen LogP contribution in [0.2, 0.25) is 5.02 Å². The minimum Gasteiger partial charge on any atom is -0.399 e. The number of nitrogen functional groups attached to an aromatic ring is 2. The van der Waals surface area contributed by atoms with Crippen molar-refractivity contribution in [2.24, 2.45) is 0 Å². The van der Waals surface area contributed by atoms with Gasteiger partial charge in [0, 0.05) is 57.0 Å². The maximum absolute atomic E-state index is 13.6. The van der Waals surface area contributed by atoms with Crippen molar-refractivity contribution in [3.05, 3.63) is 242 Å². The van der Waals surface area contributed by atoms with E-state index in [4.69, 9.17) is 23.1 Å². The molecule has 0 atom stereocenters. The minimum atomic E-state index is -3.96. The largest absolute Gasteiger partial charge is 0.399 e. The van der Waals surface area contributed by atoms with Crippen LogP contribution in [0.15, 0.2) is 251 Å². The van der Waals surface area contributed by atoms with Gasteiger partial charge in [-0.05, 0) is 121 Å². The summed E-state index contributed by atoms with van der Waals surface area (Å²) < 4.78 is 113. The first kappa shape index (κ1) is 58.2. The van der Waals surface area contributed by atoms with Gasteiger partial charge in [0.1, 0.15) is 6.07 Å². The van der Waals surface area contributed by atoms with Crippen molar-refractivity contribution in [2.45, 2.75) is 19.6 Å². The Bertz CT molecular complexity index is 5110. The molecule has 0 radical (unpaired) electrons. The summed E-state index contributed by atoms with van der Waals surface area (Å²) in [6.07, 6.45) is 5.71. The van der Waals surface area contributed by atoms with Crippen LogP contribution in [0.5, 0.6) is 0 Å². The Morgan fingerprint density at radius 2 is 0.828 bits per heavy atom. The lowest BCUT2D eigenvalue weighted by Crippen LogP contribution is -2.13. The van der Waals surface area contributed by atoms with E-state index < -0.39 is 40.1 Å². The third-order valence-corrected chi connectivity index (χ3v) is 19.7. The Balaban J connectivity index is 0.000000180. The predicted molar refractivity (Wildman–Crippen MR) is 336 cm³/mol. The third-order valence-electron chi connectivity index (χ3n) is 13.2. The molecular formula is C61H46ClN13O8S4. The smallest absolute Gasteiger partial charge is 0.268 e. The van der Waals surface area contributed by atoms with Gasteiger partial charge in [-0.2, -0.15) is 5.26 Å². The summed E-state index contributed by atoms with van der Waals surface area (Å²) in [5.41, 5.74) is 16.3. The molecule has 8 N–H and O–H groups in total. The molecule has 4 heterocycles. The van der Waals surface area contributed by atoms with Crippen LogP contribution in [0.4, 0.5) is 46.0 Å². The molecule has 21 nitrogen and oxygen atoms in total. The second kappa shape index (κ2) is 23.8. The Morgan fingerprint density at radius 3 is 1.28 bits per heavy atom. The first-order valence-electron chi connectivity index (χ1n) is 25.9. The zero-order valence-corrected chi connectivity index (χ0v) is 49.0. The Kier molecular flexibility index (Phi) is 15.9. The van der Waals surface area contributed by atoms with E-state index in [1.807, 2.05) is 0 Å². The van der Waals surface area contributed by atoms with Gasteiger partial charge >= 0.3 is 0 Å². The molecule has 0 aliphatic rings. The number of sulfonamides is 2. The van der Waals surface area contributed by atoms with Crippen molar-refractivity contribution in [1.29, 1.82) is 5.26 Å². The number of nitrogens with two attached hydrogens (primary N) is 2. The van der Waals surface area contributed by atoms with Crippen LogP contribution in [0.1, 0.15) is 5.56 Å². The van der Waals surface area contributed by atoms with Crippen LogP contribution in [-0.2, 0) is 40.1 Å². The standard InChI is InChI=1S/C31H23N7O4S2.C30H23ClN6O4S2/c32-18-21-19-34-31(35-23-7-6-8-24(17-23)37-43(39,40)25-15-13-22(33)14-16-25)36-30(21)28-20-38(29-12-5-4-11-27(28)29)44(41,42)26-9-2-1-3-10-26;31-27-18-33-30(34-21-7-6-8-22(17-21)36-42(38,39)23-15-13-20(32)14-16-23)35-29(27)26-19-37(28-12-5-4-11-25(26)28)43(40,41)24-9-2-1-3-10-24/h1-17,19-20,37H,33H2,(H,34,35,36);1-19,36H,32H2,(H,33,34,35). The molecule has 0 aliphatic carbocycles. The summed E-state index contributed by atoms with van der Waals surface area (Å²) in [6, 6.07) is 57.1. The third kappa shape index (κ3) is 12.3. The van der Waals surface area contributed by atoms with E-state index in [0.717, 1.165) is 0 Å². The summed E-state index contributed by atoms with van der Waals surface area (Å²) in [7, 11) is -15.6. The molecule has 0 spiro atoms. The van der Waals surface area contributed by atoms with E-state index in [9.17, 15) is 38.9 Å². The van der Waals surface area contributed by atoms with Crippen LogP contribution in [0.3, 0.4) is 0 Å². The molecule has 434 valence electrons. The molecule has 0 saturated carbocycles. The Hall–Kier alpha value is -10.6. The quantitative estimate of drug-likeness (QED) is 0.0490. The fourth-order valence-corrected chi connectivity index (χ4v) is 14.2. The molecule has 0 saturated heterocycles. The van der Waals surface area contributed by atoms with E-state index in [0.29, 0.717) is 67.1 Å². The summed E-state index contributed by atoms with van der Waals surface area (Å²) in [6.45, 7) is 0.